The summed E-state index contributed by atoms with van der Waals surface area (Å²) in [6, 6.07) is 4.05. The van der Waals surface area contributed by atoms with Crippen molar-refractivity contribution in [2.75, 3.05) is 5.32 Å². The first-order chi connectivity index (χ1) is 14.6. The molecular weight excluding hydrogens is 437 g/mol. The minimum Gasteiger partial charge on any atom is -0.352 e. The second kappa shape index (κ2) is 8.41. The van der Waals surface area contributed by atoms with E-state index < -0.39 is 47.2 Å². The molecule has 1 fully saturated rings. The van der Waals surface area contributed by atoms with Gasteiger partial charge in [0.25, 0.3) is 12.3 Å². The number of carbonyl (C=O) groups is 2. The fraction of sp³-hybridized carbons (Fsp3) is 0.263. The third kappa shape index (κ3) is 4.26. The molecule has 0 aliphatic heterocycles. The number of rotatable bonds is 6. The van der Waals surface area contributed by atoms with Crippen LogP contribution in [0.15, 0.2) is 30.5 Å². The largest absolute Gasteiger partial charge is 0.352 e. The zero-order valence-corrected chi connectivity index (χ0v) is 16.5. The van der Waals surface area contributed by atoms with Crippen LogP contribution in [0.4, 0.5) is 23.7 Å². The van der Waals surface area contributed by atoms with Gasteiger partial charge in [-0.25, -0.2) is 22.9 Å². The fourth-order valence-corrected chi connectivity index (χ4v) is 3.66. The minimum atomic E-state index is -3.24. The fourth-order valence-electron chi connectivity index (χ4n) is 3.41. The van der Waals surface area contributed by atoms with Gasteiger partial charge >= 0.3 is 6.03 Å². The Morgan fingerprint density at radius 3 is 2.55 bits per heavy atom. The van der Waals surface area contributed by atoms with Crippen molar-refractivity contribution in [2.45, 2.75) is 24.4 Å². The number of carbonyl (C=O) groups excluding carboxylic acids is 2. The Morgan fingerprint density at radius 2 is 2.03 bits per heavy atom. The summed E-state index contributed by atoms with van der Waals surface area (Å²) in [6.07, 6.45) is -2.00. The third-order valence-corrected chi connectivity index (χ3v) is 5.24. The van der Waals surface area contributed by atoms with Crippen LogP contribution in [0.1, 0.15) is 28.0 Å². The summed E-state index contributed by atoms with van der Waals surface area (Å²) < 4.78 is 43.0. The molecule has 3 atom stereocenters. The van der Waals surface area contributed by atoms with E-state index >= 15 is 0 Å². The van der Waals surface area contributed by atoms with Crippen LogP contribution in [0, 0.1) is 23.1 Å². The second-order valence-corrected chi connectivity index (χ2v) is 7.39. The zero-order valence-electron chi connectivity index (χ0n) is 15.7. The number of pyridine rings is 1. The molecule has 8 nitrogen and oxygen atoms in total. The lowest BCUT2D eigenvalue weighted by atomic mass is 9.84. The number of alkyl halides is 2. The van der Waals surface area contributed by atoms with Gasteiger partial charge in [0.1, 0.15) is 23.1 Å². The van der Waals surface area contributed by atoms with Crippen molar-refractivity contribution in [3.63, 3.8) is 0 Å². The van der Waals surface area contributed by atoms with Crippen molar-refractivity contribution < 1.29 is 22.8 Å². The molecular formula is C19H16ClF3N6O2. The number of nitrogens with two attached hydrogens (primary N) is 2. The Balaban J connectivity index is 2.00. The molecule has 0 unspecified atom stereocenters. The van der Waals surface area contributed by atoms with Crippen molar-refractivity contribution >= 4 is 29.2 Å². The molecule has 6 N–H and O–H groups in total. The van der Waals surface area contributed by atoms with Crippen LogP contribution in [0.2, 0.25) is 5.02 Å². The predicted molar refractivity (Wildman–Crippen MR) is 105 cm³/mol. The highest BCUT2D eigenvalue weighted by atomic mass is 35.5. The summed E-state index contributed by atoms with van der Waals surface area (Å²) in [5.41, 5.74) is 7.61. The van der Waals surface area contributed by atoms with Gasteiger partial charge < -0.3 is 22.1 Å². The number of aromatic nitrogens is 1. The van der Waals surface area contributed by atoms with E-state index in [4.69, 9.17) is 28.3 Å². The SMILES string of the molecule is N#Cc1cnc(C(=O)Nc2ccc(F)c([C@](NC(N)=O)(C(F)F)[C@H]3C[C@H]3N)c2)c(Cl)c1. The van der Waals surface area contributed by atoms with E-state index in [-0.39, 0.29) is 28.4 Å². The maximum Gasteiger partial charge on any atom is 0.313 e. The quantitative estimate of drug-likeness (QED) is 0.531. The van der Waals surface area contributed by atoms with Crippen LogP contribution >= 0.6 is 11.6 Å². The first-order valence-electron chi connectivity index (χ1n) is 8.88. The number of hydrogen-bond acceptors (Lipinski definition) is 5. The normalized spacial score (nSPS) is 19.3. The minimum absolute atomic E-state index is 0.0610. The Kier molecular flexibility index (Phi) is 6.06. The molecule has 2 aromatic rings. The Bertz CT molecular complexity index is 1090. The Morgan fingerprint density at radius 1 is 1.35 bits per heavy atom. The van der Waals surface area contributed by atoms with E-state index in [2.05, 4.69) is 10.3 Å². The van der Waals surface area contributed by atoms with Crippen molar-refractivity contribution in [3.05, 3.63) is 58.1 Å². The molecule has 1 aromatic heterocycles. The molecule has 3 rings (SSSR count). The van der Waals surface area contributed by atoms with Crippen LogP contribution in [0.25, 0.3) is 0 Å². The van der Waals surface area contributed by atoms with Gasteiger partial charge in [0, 0.05) is 29.4 Å². The van der Waals surface area contributed by atoms with Crippen LogP contribution in [0.3, 0.4) is 0 Å². The number of amides is 3. The highest BCUT2D eigenvalue weighted by Gasteiger charge is 2.59. The summed E-state index contributed by atoms with van der Waals surface area (Å²) in [6.45, 7) is 0. The standard InChI is InChI=1S/C19H16ClF3N6O2/c20-12-3-8(6-24)7-27-15(12)16(30)28-9-1-2-13(21)10(4-9)19(17(22)23,29-18(26)31)11-5-14(11)25/h1-4,7,11,14,17H,5,25H2,(H,28,30)(H3,26,29,31)/t11-,14+,19+/m0/s1. The monoisotopic (exact) mass is 452 g/mol. The average molecular weight is 453 g/mol. The molecule has 12 heteroatoms. The lowest BCUT2D eigenvalue weighted by Crippen LogP contribution is -2.56. The van der Waals surface area contributed by atoms with E-state index in [9.17, 15) is 22.8 Å². The first-order valence-corrected chi connectivity index (χ1v) is 9.26. The van der Waals surface area contributed by atoms with E-state index in [1.54, 1.807) is 0 Å². The molecule has 0 radical (unpaired) electrons. The number of halogens is 4. The van der Waals surface area contributed by atoms with E-state index in [1.807, 2.05) is 11.4 Å². The van der Waals surface area contributed by atoms with Crippen LogP contribution < -0.4 is 22.1 Å². The van der Waals surface area contributed by atoms with Gasteiger partial charge in [-0.1, -0.05) is 11.6 Å². The van der Waals surface area contributed by atoms with E-state index in [0.29, 0.717) is 0 Å². The van der Waals surface area contributed by atoms with Gasteiger partial charge in [0.05, 0.1) is 10.6 Å². The molecule has 3 amide bonds. The summed E-state index contributed by atoms with van der Waals surface area (Å²) in [5.74, 6) is -2.82. The zero-order chi connectivity index (χ0) is 22.9. The molecule has 1 aliphatic rings. The van der Waals surface area contributed by atoms with Crippen molar-refractivity contribution in [1.82, 2.24) is 10.3 Å². The van der Waals surface area contributed by atoms with Gasteiger partial charge in [0.2, 0.25) is 0 Å². The van der Waals surface area contributed by atoms with Crippen LogP contribution in [0.5, 0.6) is 0 Å². The van der Waals surface area contributed by atoms with Gasteiger partial charge in [-0.15, -0.1) is 0 Å². The number of urea groups is 1. The lowest BCUT2D eigenvalue weighted by Gasteiger charge is -2.35. The smallest absolute Gasteiger partial charge is 0.313 e. The molecule has 31 heavy (non-hydrogen) atoms. The highest BCUT2D eigenvalue weighted by Crippen LogP contribution is 2.49. The maximum absolute atomic E-state index is 14.7. The van der Waals surface area contributed by atoms with Gasteiger partial charge in [-0.2, -0.15) is 5.26 Å². The topological polar surface area (TPSA) is 147 Å². The van der Waals surface area contributed by atoms with Gasteiger partial charge in [0.15, 0.2) is 0 Å². The first kappa shape index (κ1) is 22.3. The summed E-state index contributed by atoms with van der Waals surface area (Å²) in [5, 5.41) is 13.1. The maximum atomic E-state index is 14.7. The molecule has 1 saturated carbocycles. The Labute approximate surface area is 179 Å². The predicted octanol–water partition coefficient (Wildman–Crippen LogP) is 2.47. The molecule has 1 heterocycles. The van der Waals surface area contributed by atoms with Crippen LogP contribution in [-0.4, -0.2) is 29.4 Å². The molecule has 0 bridgehead atoms. The number of nitrogens with zero attached hydrogens (tertiary/aromatic N) is 2. The number of anilines is 1. The molecule has 0 saturated heterocycles. The molecule has 162 valence electrons. The number of primary amides is 1. The molecule has 1 aliphatic carbocycles. The van der Waals surface area contributed by atoms with Crippen LogP contribution in [-0.2, 0) is 5.54 Å². The summed E-state index contributed by atoms with van der Waals surface area (Å²) in [7, 11) is 0. The average Bonchev–Trinajstić information content (AvgIpc) is 3.43. The van der Waals surface area contributed by atoms with Gasteiger partial charge in [-0.05, 0) is 30.7 Å². The number of benzene rings is 1. The highest BCUT2D eigenvalue weighted by molar-refractivity contribution is 6.34. The molecule has 0 spiro atoms. The van der Waals surface area contributed by atoms with E-state index in [0.717, 1.165) is 24.4 Å². The third-order valence-electron chi connectivity index (χ3n) is 4.95. The summed E-state index contributed by atoms with van der Waals surface area (Å²) in [4.78, 5) is 27.8. The van der Waals surface area contributed by atoms with Gasteiger partial charge in [-0.3, -0.25) is 4.79 Å². The van der Waals surface area contributed by atoms with Crippen molar-refractivity contribution in [2.24, 2.45) is 17.4 Å². The van der Waals surface area contributed by atoms with Crippen molar-refractivity contribution in [1.29, 1.82) is 5.26 Å². The van der Waals surface area contributed by atoms with Crippen molar-refractivity contribution in [3.8, 4) is 6.07 Å². The molecule has 1 aromatic carbocycles. The number of hydrogen-bond donors (Lipinski definition) is 4. The Hall–Kier alpha value is -3.36. The summed E-state index contributed by atoms with van der Waals surface area (Å²) >= 11 is 5.95. The lowest BCUT2D eigenvalue weighted by molar-refractivity contribution is 0.0171. The second-order valence-electron chi connectivity index (χ2n) is 6.98. The van der Waals surface area contributed by atoms with E-state index in [1.165, 1.54) is 6.07 Å². The number of nitriles is 1. The number of nitrogens with one attached hydrogen (secondary N) is 2.